The van der Waals surface area contributed by atoms with Crippen LogP contribution in [0.3, 0.4) is 0 Å². The van der Waals surface area contributed by atoms with Crippen LogP contribution >= 0.6 is 0 Å². The van der Waals surface area contributed by atoms with Crippen molar-refractivity contribution in [2.45, 2.75) is 13.0 Å². The maximum atomic E-state index is 11.9. The maximum Gasteiger partial charge on any atom is 0.180 e. The van der Waals surface area contributed by atoms with Crippen molar-refractivity contribution in [2.24, 2.45) is 0 Å². The first-order chi connectivity index (χ1) is 7.22. The number of nitrogens with zero attached hydrogens (tertiary/aromatic N) is 1. The number of hydrogen-bond acceptors (Lipinski definition) is 2. The van der Waals surface area contributed by atoms with Crippen LogP contribution in [0.15, 0.2) is 36.7 Å². The van der Waals surface area contributed by atoms with Crippen molar-refractivity contribution in [3.8, 4) is 0 Å². The van der Waals surface area contributed by atoms with Gasteiger partial charge in [0.2, 0.25) is 0 Å². The molecule has 15 heavy (non-hydrogen) atoms. The monoisotopic (exact) mass is 202 g/mol. The quantitative estimate of drug-likeness (QED) is 0.769. The molecule has 78 valence electrons. The fourth-order valence-electron chi connectivity index (χ4n) is 1.56. The van der Waals surface area contributed by atoms with E-state index in [1.54, 1.807) is 7.05 Å². The number of ketones is 1. The Bertz CT molecular complexity index is 487. The molecule has 0 fully saturated rings. The minimum absolute atomic E-state index is 0.119. The summed E-state index contributed by atoms with van der Waals surface area (Å²) in [5.41, 5.74) is 1.84. The molecule has 0 aromatic carbocycles. The van der Waals surface area contributed by atoms with Gasteiger partial charge in [0, 0.05) is 23.5 Å². The van der Waals surface area contributed by atoms with Crippen LogP contribution in [-0.4, -0.2) is 23.3 Å². The van der Waals surface area contributed by atoms with Crippen LogP contribution in [0.1, 0.15) is 17.3 Å². The average molecular weight is 202 g/mol. The van der Waals surface area contributed by atoms with E-state index in [1.165, 1.54) is 0 Å². The van der Waals surface area contributed by atoms with Crippen molar-refractivity contribution in [3.05, 3.63) is 42.2 Å². The fourth-order valence-corrected chi connectivity index (χ4v) is 1.56. The zero-order valence-electron chi connectivity index (χ0n) is 8.90. The van der Waals surface area contributed by atoms with Crippen molar-refractivity contribution < 1.29 is 4.79 Å². The lowest BCUT2D eigenvalue weighted by Crippen LogP contribution is -2.30. The average Bonchev–Trinajstić information content (AvgIpc) is 2.73. The molecule has 0 bridgehead atoms. The van der Waals surface area contributed by atoms with E-state index in [4.69, 9.17) is 0 Å². The second-order valence-corrected chi connectivity index (χ2v) is 3.63. The molecule has 2 rings (SSSR count). The highest BCUT2D eigenvalue weighted by atomic mass is 16.1. The molecule has 0 radical (unpaired) electrons. The highest BCUT2D eigenvalue weighted by Crippen LogP contribution is 2.09. The fraction of sp³-hybridized carbons (Fsp3) is 0.250. The van der Waals surface area contributed by atoms with E-state index in [0.717, 1.165) is 11.1 Å². The number of aromatic nitrogens is 1. The normalized spacial score (nSPS) is 12.9. The lowest BCUT2D eigenvalue weighted by atomic mass is 10.1. The highest BCUT2D eigenvalue weighted by Gasteiger charge is 2.12. The standard InChI is InChI=1S/C12H14N2O/c1-9(13-2)12(15)10-5-6-11-4-3-7-14(11)8-10/h3-9,13H,1-2H3. The zero-order valence-corrected chi connectivity index (χ0v) is 8.90. The molecule has 0 saturated carbocycles. The number of carbonyl (C=O) groups excluding carboxylic acids is 1. The molecule has 0 spiro atoms. The largest absolute Gasteiger partial charge is 0.323 e. The molecular formula is C12H14N2O. The Morgan fingerprint density at radius 3 is 2.93 bits per heavy atom. The minimum Gasteiger partial charge on any atom is -0.323 e. The summed E-state index contributed by atoms with van der Waals surface area (Å²) in [6.45, 7) is 1.86. The van der Waals surface area contributed by atoms with Gasteiger partial charge >= 0.3 is 0 Å². The SMILES string of the molecule is CNC(C)C(=O)c1ccc2cccn2c1. The topological polar surface area (TPSA) is 33.5 Å². The Morgan fingerprint density at radius 2 is 2.20 bits per heavy atom. The molecule has 0 aliphatic carbocycles. The molecule has 1 atom stereocenters. The lowest BCUT2D eigenvalue weighted by molar-refractivity contribution is 0.0954. The smallest absolute Gasteiger partial charge is 0.180 e. The van der Waals surface area contributed by atoms with Gasteiger partial charge in [-0.05, 0) is 38.2 Å². The third kappa shape index (κ3) is 1.78. The first kappa shape index (κ1) is 9.93. The second-order valence-electron chi connectivity index (χ2n) is 3.63. The van der Waals surface area contributed by atoms with Gasteiger partial charge in [0.1, 0.15) is 0 Å². The van der Waals surface area contributed by atoms with Crippen molar-refractivity contribution in [1.29, 1.82) is 0 Å². The first-order valence-electron chi connectivity index (χ1n) is 5.00. The molecule has 3 nitrogen and oxygen atoms in total. The number of pyridine rings is 1. The van der Waals surface area contributed by atoms with E-state index >= 15 is 0 Å². The zero-order chi connectivity index (χ0) is 10.8. The summed E-state index contributed by atoms with van der Waals surface area (Å²) in [4.78, 5) is 11.9. The molecule has 2 aromatic rings. The van der Waals surface area contributed by atoms with E-state index < -0.39 is 0 Å². The summed E-state index contributed by atoms with van der Waals surface area (Å²) in [7, 11) is 1.79. The summed E-state index contributed by atoms with van der Waals surface area (Å²) in [5, 5.41) is 2.95. The van der Waals surface area contributed by atoms with E-state index in [2.05, 4.69) is 5.32 Å². The van der Waals surface area contributed by atoms with Crippen molar-refractivity contribution in [3.63, 3.8) is 0 Å². The van der Waals surface area contributed by atoms with Crippen LogP contribution in [0, 0.1) is 0 Å². The van der Waals surface area contributed by atoms with Crippen LogP contribution < -0.4 is 5.32 Å². The highest BCUT2D eigenvalue weighted by molar-refractivity contribution is 5.99. The molecule has 1 unspecified atom stereocenters. The Morgan fingerprint density at radius 1 is 1.40 bits per heavy atom. The molecular weight excluding hydrogens is 188 g/mol. The predicted octanol–water partition coefficient (Wildman–Crippen LogP) is 1.73. The van der Waals surface area contributed by atoms with Gasteiger partial charge in [0.05, 0.1) is 6.04 Å². The minimum atomic E-state index is -0.141. The molecule has 0 aliphatic rings. The van der Waals surface area contributed by atoms with Crippen molar-refractivity contribution in [1.82, 2.24) is 9.72 Å². The van der Waals surface area contributed by atoms with Gasteiger partial charge in [-0.25, -0.2) is 0 Å². The number of likely N-dealkylation sites (N-methyl/N-ethyl adjacent to an activating group) is 1. The van der Waals surface area contributed by atoms with Gasteiger partial charge in [0.15, 0.2) is 5.78 Å². The number of hydrogen-bond donors (Lipinski definition) is 1. The third-order valence-electron chi connectivity index (χ3n) is 2.63. The van der Waals surface area contributed by atoms with Crippen LogP contribution in [0.2, 0.25) is 0 Å². The van der Waals surface area contributed by atoms with Gasteiger partial charge in [-0.3, -0.25) is 4.79 Å². The third-order valence-corrected chi connectivity index (χ3v) is 2.63. The molecule has 1 N–H and O–H groups in total. The molecule has 0 amide bonds. The molecule has 0 aliphatic heterocycles. The van der Waals surface area contributed by atoms with Crippen LogP contribution in [0.5, 0.6) is 0 Å². The maximum absolute atomic E-state index is 11.9. The number of rotatable bonds is 3. The Labute approximate surface area is 88.7 Å². The van der Waals surface area contributed by atoms with Crippen LogP contribution in [0.25, 0.3) is 5.52 Å². The predicted molar refractivity (Wildman–Crippen MR) is 60.2 cm³/mol. The van der Waals surface area contributed by atoms with Gasteiger partial charge < -0.3 is 9.72 Å². The lowest BCUT2D eigenvalue weighted by Gasteiger charge is -2.09. The summed E-state index contributed by atoms with van der Waals surface area (Å²) >= 11 is 0. The van der Waals surface area contributed by atoms with E-state index in [0.29, 0.717) is 0 Å². The molecule has 2 heterocycles. The van der Waals surface area contributed by atoms with Crippen molar-refractivity contribution >= 4 is 11.3 Å². The van der Waals surface area contributed by atoms with E-state index in [9.17, 15) is 4.79 Å². The number of carbonyl (C=O) groups is 1. The summed E-state index contributed by atoms with van der Waals surface area (Å²) < 4.78 is 1.95. The van der Waals surface area contributed by atoms with Gasteiger partial charge in [-0.1, -0.05) is 0 Å². The first-order valence-corrected chi connectivity index (χ1v) is 5.00. The van der Waals surface area contributed by atoms with Gasteiger partial charge in [-0.2, -0.15) is 0 Å². The van der Waals surface area contributed by atoms with Gasteiger partial charge in [0.25, 0.3) is 0 Å². The Hall–Kier alpha value is -1.61. The summed E-state index contributed by atoms with van der Waals surface area (Å²) in [5.74, 6) is 0.119. The van der Waals surface area contributed by atoms with Crippen LogP contribution in [0.4, 0.5) is 0 Å². The summed E-state index contributed by atoms with van der Waals surface area (Å²) in [6, 6.07) is 7.65. The van der Waals surface area contributed by atoms with E-state index in [1.807, 2.05) is 48.0 Å². The molecule has 0 saturated heterocycles. The van der Waals surface area contributed by atoms with Crippen molar-refractivity contribution in [2.75, 3.05) is 7.05 Å². The Kier molecular flexibility index (Phi) is 2.56. The number of nitrogens with one attached hydrogen (secondary N) is 1. The van der Waals surface area contributed by atoms with E-state index in [-0.39, 0.29) is 11.8 Å². The van der Waals surface area contributed by atoms with Crippen LogP contribution in [-0.2, 0) is 0 Å². The molecule has 3 heteroatoms. The second kappa shape index (κ2) is 3.87. The molecule has 2 aromatic heterocycles. The number of fused-ring (bicyclic) bond motifs is 1. The Balaban J connectivity index is 2.39. The van der Waals surface area contributed by atoms with Gasteiger partial charge in [-0.15, -0.1) is 0 Å². The summed E-state index contributed by atoms with van der Waals surface area (Å²) in [6.07, 6.45) is 3.81. The number of Topliss-reactive ketones (excluding diaryl/α,β-unsaturated/α-hetero) is 1.